The Bertz CT molecular complexity index is 356. The SMILES string of the molecule is CC(=O)[O-].C[C@@H]1CCCCC1[n+]1ccn(C)c1. The van der Waals surface area contributed by atoms with Gasteiger partial charge >= 0.3 is 0 Å². The highest BCUT2D eigenvalue weighted by atomic mass is 16.4. The molecule has 1 unspecified atom stereocenters. The van der Waals surface area contributed by atoms with Gasteiger partial charge in [-0.3, -0.25) is 0 Å². The molecule has 17 heavy (non-hydrogen) atoms. The summed E-state index contributed by atoms with van der Waals surface area (Å²) in [6.07, 6.45) is 12.1. The number of aromatic nitrogens is 2. The van der Waals surface area contributed by atoms with Crippen LogP contribution in [0.5, 0.6) is 0 Å². The van der Waals surface area contributed by atoms with Crippen molar-refractivity contribution in [1.29, 1.82) is 0 Å². The molecule has 0 spiro atoms. The molecule has 1 aliphatic carbocycles. The smallest absolute Gasteiger partial charge is 0.243 e. The van der Waals surface area contributed by atoms with Crippen LogP contribution in [0.2, 0.25) is 0 Å². The number of rotatable bonds is 1. The number of imidazole rings is 1. The topological polar surface area (TPSA) is 48.9 Å². The summed E-state index contributed by atoms with van der Waals surface area (Å²) in [6, 6.07) is 0.745. The molecule has 4 nitrogen and oxygen atoms in total. The second kappa shape index (κ2) is 6.42. The van der Waals surface area contributed by atoms with Crippen LogP contribution >= 0.6 is 0 Å². The Morgan fingerprint density at radius 1 is 1.41 bits per heavy atom. The maximum absolute atomic E-state index is 8.89. The second-order valence-corrected chi connectivity index (χ2v) is 4.85. The van der Waals surface area contributed by atoms with Crippen LogP contribution in [-0.2, 0) is 11.8 Å². The van der Waals surface area contributed by atoms with E-state index in [4.69, 9.17) is 9.90 Å². The van der Waals surface area contributed by atoms with Gasteiger partial charge in [-0.15, -0.1) is 0 Å². The molecule has 2 rings (SSSR count). The first-order valence-electron chi connectivity index (χ1n) is 6.21. The molecule has 1 aliphatic rings. The van der Waals surface area contributed by atoms with E-state index in [1.165, 1.54) is 25.7 Å². The maximum atomic E-state index is 8.89. The fourth-order valence-corrected chi connectivity index (χ4v) is 2.41. The van der Waals surface area contributed by atoms with Gasteiger partial charge in [0.15, 0.2) is 0 Å². The van der Waals surface area contributed by atoms with Gasteiger partial charge in [0.25, 0.3) is 0 Å². The lowest BCUT2D eigenvalue weighted by Gasteiger charge is -2.25. The lowest BCUT2D eigenvalue weighted by molar-refractivity contribution is -0.731. The van der Waals surface area contributed by atoms with Crippen LogP contribution in [0.15, 0.2) is 18.7 Å². The second-order valence-electron chi connectivity index (χ2n) is 4.85. The number of aliphatic carboxylic acids is 1. The van der Waals surface area contributed by atoms with Crippen LogP contribution in [-0.4, -0.2) is 10.5 Å². The van der Waals surface area contributed by atoms with Crippen molar-refractivity contribution in [2.45, 2.75) is 45.6 Å². The summed E-state index contributed by atoms with van der Waals surface area (Å²) in [5, 5.41) is 8.89. The predicted octanol–water partition coefficient (Wildman–Crippen LogP) is 0.820. The molecule has 1 saturated carbocycles. The first-order chi connectivity index (χ1) is 8.00. The lowest BCUT2D eigenvalue weighted by Crippen LogP contribution is -2.42. The molecular weight excluding hydrogens is 216 g/mol. The van der Waals surface area contributed by atoms with Crippen molar-refractivity contribution >= 4 is 5.97 Å². The highest BCUT2D eigenvalue weighted by Gasteiger charge is 2.26. The highest BCUT2D eigenvalue weighted by Crippen LogP contribution is 2.29. The Morgan fingerprint density at radius 3 is 2.47 bits per heavy atom. The van der Waals surface area contributed by atoms with Crippen molar-refractivity contribution in [1.82, 2.24) is 4.57 Å². The Labute approximate surface area is 103 Å². The largest absolute Gasteiger partial charge is 0.550 e. The van der Waals surface area contributed by atoms with Gasteiger partial charge < -0.3 is 9.90 Å². The number of carboxylic acids is 1. The molecule has 1 fully saturated rings. The van der Waals surface area contributed by atoms with Crippen molar-refractivity contribution in [3.63, 3.8) is 0 Å². The minimum absolute atomic E-state index is 0.745. The zero-order valence-corrected chi connectivity index (χ0v) is 10.9. The van der Waals surface area contributed by atoms with E-state index in [0.717, 1.165) is 18.9 Å². The monoisotopic (exact) mass is 238 g/mol. The molecule has 96 valence electrons. The third-order valence-corrected chi connectivity index (χ3v) is 3.24. The van der Waals surface area contributed by atoms with Crippen LogP contribution < -0.4 is 9.67 Å². The maximum Gasteiger partial charge on any atom is 0.243 e. The zero-order chi connectivity index (χ0) is 12.8. The van der Waals surface area contributed by atoms with Crippen LogP contribution in [0.4, 0.5) is 0 Å². The van der Waals surface area contributed by atoms with E-state index in [2.05, 4.69) is 41.8 Å². The van der Waals surface area contributed by atoms with Gasteiger partial charge in [-0.1, -0.05) is 13.3 Å². The van der Waals surface area contributed by atoms with E-state index in [-0.39, 0.29) is 0 Å². The number of aryl methyl sites for hydroxylation is 1. The number of carbonyl (C=O) groups is 1. The van der Waals surface area contributed by atoms with Gasteiger partial charge in [0.2, 0.25) is 6.33 Å². The number of hydrogen-bond donors (Lipinski definition) is 0. The molecule has 0 aromatic carbocycles. The molecule has 0 N–H and O–H groups in total. The fraction of sp³-hybridized carbons (Fsp3) is 0.692. The minimum Gasteiger partial charge on any atom is -0.550 e. The van der Waals surface area contributed by atoms with Gasteiger partial charge in [-0.25, -0.2) is 9.13 Å². The molecule has 1 aromatic rings. The van der Waals surface area contributed by atoms with E-state index in [1.54, 1.807) is 0 Å². The summed E-state index contributed by atoms with van der Waals surface area (Å²) in [6.45, 7) is 3.35. The Kier molecular flexibility index (Phi) is 5.19. The molecule has 4 heteroatoms. The third-order valence-electron chi connectivity index (χ3n) is 3.24. The summed E-state index contributed by atoms with van der Waals surface area (Å²) in [5.74, 6) is -0.235. The van der Waals surface area contributed by atoms with Crippen LogP contribution in [0, 0.1) is 5.92 Å². The van der Waals surface area contributed by atoms with Crippen molar-refractivity contribution in [3.05, 3.63) is 18.7 Å². The molecular formula is C13H22N2O2. The Hall–Kier alpha value is -1.32. The summed E-state index contributed by atoms with van der Waals surface area (Å²) in [4.78, 5) is 8.89. The fourth-order valence-electron chi connectivity index (χ4n) is 2.41. The molecule has 0 radical (unpaired) electrons. The first kappa shape index (κ1) is 13.7. The van der Waals surface area contributed by atoms with Gasteiger partial charge in [0.05, 0.1) is 7.05 Å². The standard InChI is InChI=1S/C11H19N2.C2H4O2/c1-10-5-3-4-6-11(10)13-8-7-12(2)9-13;1-2(3)4/h7-11H,3-6H2,1-2H3;1H3,(H,3,4)/q+1;/p-1/t10-,11?;/m1./s1. The van der Waals surface area contributed by atoms with Crippen LogP contribution in [0.25, 0.3) is 0 Å². The van der Waals surface area contributed by atoms with Gasteiger partial charge in [0, 0.05) is 5.97 Å². The van der Waals surface area contributed by atoms with Crippen LogP contribution in [0.3, 0.4) is 0 Å². The third kappa shape index (κ3) is 4.59. The summed E-state index contributed by atoms with van der Waals surface area (Å²) in [5.41, 5.74) is 0. The van der Waals surface area contributed by atoms with Crippen molar-refractivity contribution in [2.24, 2.45) is 13.0 Å². The number of carboxylic acid groups (broad SMARTS) is 1. The van der Waals surface area contributed by atoms with Crippen LogP contribution in [0.1, 0.15) is 45.6 Å². The number of hydrogen-bond acceptors (Lipinski definition) is 2. The summed E-state index contributed by atoms with van der Waals surface area (Å²) < 4.78 is 4.51. The van der Waals surface area contributed by atoms with Gasteiger partial charge in [-0.2, -0.15) is 0 Å². The molecule has 0 bridgehead atoms. The summed E-state index contributed by atoms with van der Waals surface area (Å²) in [7, 11) is 2.09. The normalized spacial score (nSPS) is 23.7. The molecule has 0 saturated heterocycles. The Balaban J connectivity index is 0.000000317. The van der Waals surface area contributed by atoms with Gasteiger partial charge in [-0.05, 0) is 32.1 Å². The minimum atomic E-state index is -1.08. The van der Waals surface area contributed by atoms with E-state index in [1.807, 2.05) is 0 Å². The van der Waals surface area contributed by atoms with Gasteiger partial charge in [0.1, 0.15) is 18.4 Å². The Morgan fingerprint density at radius 2 is 2.00 bits per heavy atom. The summed E-state index contributed by atoms with van der Waals surface area (Å²) >= 11 is 0. The highest BCUT2D eigenvalue weighted by molar-refractivity contribution is 5.60. The number of nitrogens with zero attached hydrogens (tertiary/aromatic N) is 2. The van der Waals surface area contributed by atoms with E-state index >= 15 is 0 Å². The zero-order valence-electron chi connectivity index (χ0n) is 10.9. The predicted molar refractivity (Wildman–Crippen MR) is 63.0 cm³/mol. The van der Waals surface area contributed by atoms with Crippen molar-refractivity contribution in [3.8, 4) is 0 Å². The van der Waals surface area contributed by atoms with E-state index in [9.17, 15) is 0 Å². The molecule has 1 heterocycles. The van der Waals surface area contributed by atoms with E-state index < -0.39 is 5.97 Å². The molecule has 1 aromatic heterocycles. The molecule has 0 aliphatic heterocycles. The first-order valence-corrected chi connectivity index (χ1v) is 6.21. The molecule has 2 atom stereocenters. The average Bonchev–Trinajstić information content (AvgIpc) is 2.64. The van der Waals surface area contributed by atoms with Crippen molar-refractivity contribution < 1.29 is 14.5 Å². The van der Waals surface area contributed by atoms with E-state index in [0.29, 0.717) is 0 Å². The number of carbonyl (C=O) groups excluding carboxylic acids is 1. The molecule has 0 amide bonds. The average molecular weight is 238 g/mol. The lowest BCUT2D eigenvalue weighted by atomic mass is 9.86. The van der Waals surface area contributed by atoms with Crippen molar-refractivity contribution in [2.75, 3.05) is 0 Å². The quantitative estimate of drug-likeness (QED) is 0.680.